The van der Waals surface area contributed by atoms with Gasteiger partial charge in [-0.1, -0.05) is 18.2 Å². The number of likely N-dealkylation sites (tertiary alicyclic amines) is 2. The summed E-state index contributed by atoms with van der Waals surface area (Å²) in [5.74, 6) is 0.246. The molecule has 4 rings (SSSR count). The third kappa shape index (κ3) is 4.87. The number of nitrogens with one attached hydrogen (secondary N) is 1. The number of anilines is 1. The second-order valence-corrected chi connectivity index (χ2v) is 9.41. The van der Waals surface area contributed by atoms with Gasteiger partial charge in [0.25, 0.3) is 0 Å². The van der Waals surface area contributed by atoms with Crippen LogP contribution in [0.25, 0.3) is 0 Å². The normalized spacial score (nSPS) is 20.7. The fourth-order valence-electron chi connectivity index (χ4n) is 4.40. The minimum Gasteiger partial charge on any atom is -0.342 e. The lowest BCUT2D eigenvalue weighted by atomic mass is 9.95. The third-order valence-electron chi connectivity index (χ3n) is 6.05. The Morgan fingerprint density at radius 2 is 1.79 bits per heavy atom. The molecule has 3 heterocycles. The van der Waals surface area contributed by atoms with Crippen molar-refractivity contribution in [2.45, 2.75) is 38.6 Å². The van der Waals surface area contributed by atoms with Gasteiger partial charge in [-0.25, -0.2) is 0 Å². The Morgan fingerprint density at radius 3 is 2.48 bits per heavy atom. The first-order chi connectivity index (χ1) is 14.1. The first kappa shape index (κ1) is 20.1. The molecule has 2 aliphatic heterocycles. The minimum absolute atomic E-state index is 0.0205. The second-order valence-electron chi connectivity index (χ2n) is 8.09. The van der Waals surface area contributed by atoms with Crippen molar-refractivity contribution >= 4 is 28.8 Å². The lowest BCUT2D eigenvalue weighted by Gasteiger charge is -2.33. The minimum atomic E-state index is -0.0205. The summed E-state index contributed by atoms with van der Waals surface area (Å²) in [6.07, 6.45) is 3.75. The summed E-state index contributed by atoms with van der Waals surface area (Å²) < 4.78 is 0. The van der Waals surface area contributed by atoms with Crippen molar-refractivity contribution < 1.29 is 9.59 Å². The Hall–Kier alpha value is -2.18. The second kappa shape index (κ2) is 9.09. The zero-order valence-electron chi connectivity index (χ0n) is 17.0. The van der Waals surface area contributed by atoms with Crippen LogP contribution in [0, 0.1) is 12.8 Å². The van der Waals surface area contributed by atoms with Gasteiger partial charge in [-0.3, -0.25) is 14.5 Å². The van der Waals surface area contributed by atoms with Crippen LogP contribution in [0.2, 0.25) is 0 Å². The van der Waals surface area contributed by atoms with Crippen LogP contribution in [0.15, 0.2) is 42.5 Å². The Kier molecular flexibility index (Phi) is 6.31. The molecule has 0 saturated carbocycles. The number of para-hydroxylation sites is 1. The van der Waals surface area contributed by atoms with E-state index < -0.39 is 0 Å². The number of hydrogen-bond acceptors (Lipinski definition) is 4. The summed E-state index contributed by atoms with van der Waals surface area (Å²) in [5.41, 5.74) is 0.833. The van der Waals surface area contributed by atoms with Crippen molar-refractivity contribution in [1.82, 2.24) is 9.80 Å². The van der Waals surface area contributed by atoms with E-state index in [-0.39, 0.29) is 17.7 Å². The van der Waals surface area contributed by atoms with E-state index in [2.05, 4.69) is 29.3 Å². The van der Waals surface area contributed by atoms with Gasteiger partial charge in [-0.2, -0.15) is 0 Å². The van der Waals surface area contributed by atoms with Crippen molar-refractivity contribution in [2.75, 3.05) is 31.5 Å². The molecule has 5 nitrogen and oxygen atoms in total. The molecular weight excluding hydrogens is 382 g/mol. The van der Waals surface area contributed by atoms with Crippen LogP contribution < -0.4 is 5.32 Å². The lowest BCUT2D eigenvalue weighted by molar-refractivity contribution is -0.135. The average Bonchev–Trinajstić information content (AvgIpc) is 3.37. The topological polar surface area (TPSA) is 52.7 Å². The van der Waals surface area contributed by atoms with E-state index in [1.807, 2.05) is 46.6 Å². The summed E-state index contributed by atoms with van der Waals surface area (Å²) in [7, 11) is 0. The number of hydrogen-bond donors (Lipinski definition) is 1. The largest absolute Gasteiger partial charge is 0.342 e. The Labute approximate surface area is 176 Å². The van der Waals surface area contributed by atoms with Gasteiger partial charge in [0.05, 0.1) is 6.54 Å². The Morgan fingerprint density at radius 1 is 1.03 bits per heavy atom. The molecule has 154 valence electrons. The van der Waals surface area contributed by atoms with E-state index in [1.54, 1.807) is 0 Å². The summed E-state index contributed by atoms with van der Waals surface area (Å²) in [5, 5.41) is 2.99. The first-order valence-electron chi connectivity index (χ1n) is 10.5. The molecule has 2 aliphatic rings. The van der Waals surface area contributed by atoms with E-state index in [9.17, 15) is 9.59 Å². The number of benzene rings is 1. The fraction of sp³-hybridized carbons (Fsp3) is 0.478. The molecule has 0 bridgehead atoms. The first-order valence-corrected chi connectivity index (χ1v) is 11.4. The molecule has 2 fully saturated rings. The van der Waals surface area contributed by atoms with Gasteiger partial charge in [0.1, 0.15) is 0 Å². The highest BCUT2D eigenvalue weighted by Gasteiger charge is 2.32. The smallest absolute Gasteiger partial charge is 0.236 e. The quantitative estimate of drug-likeness (QED) is 0.807. The maximum atomic E-state index is 12.9. The van der Waals surface area contributed by atoms with Crippen LogP contribution in [-0.4, -0.2) is 47.8 Å². The van der Waals surface area contributed by atoms with Gasteiger partial charge in [0.15, 0.2) is 0 Å². The molecule has 0 aliphatic carbocycles. The molecule has 29 heavy (non-hydrogen) atoms. The predicted molar refractivity (Wildman–Crippen MR) is 117 cm³/mol. The SMILES string of the molecule is Cc1ccc(C2CCCN2CC(=O)N2CCC(C(=O)Nc3ccccc3)CC2)s1. The van der Waals surface area contributed by atoms with E-state index in [0.717, 1.165) is 37.9 Å². The Balaban J connectivity index is 1.27. The maximum absolute atomic E-state index is 12.9. The van der Waals surface area contributed by atoms with Crippen LogP contribution in [0.3, 0.4) is 0 Å². The standard InChI is InChI=1S/C23H29N3O2S/c1-17-9-10-21(29-17)20-8-5-13-26(20)16-22(27)25-14-11-18(12-15-25)23(28)24-19-6-3-2-4-7-19/h2-4,6-7,9-10,18,20H,5,8,11-16H2,1H3,(H,24,28). The van der Waals surface area contributed by atoms with Gasteiger partial charge < -0.3 is 10.2 Å². The Bertz CT molecular complexity index is 843. The number of carbonyl (C=O) groups is 2. The summed E-state index contributed by atoms with van der Waals surface area (Å²) in [4.78, 5) is 32.4. The van der Waals surface area contributed by atoms with Crippen molar-refractivity contribution in [2.24, 2.45) is 5.92 Å². The van der Waals surface area contributed by atoms with Gasteiger partial charge in [0.2, 0.25) is 11.8 Å². The van der Waals surface area contributed by atoms with Gasteiger partial charge in [-0.15, -0.1) is 11.3 Å². The number of rotatable bonds is 5. The molecule has 1 unspecified atom stereocenters. The zero-order chi connectivity index (χ0) is 20.2. The number of thiophene rings is 1. The molecular formula is C23H29N3O2S. The maximum Gasteiger partial charge on any atom is 0.236 e. The molecule has 6 heteroatoms. The van der Waals surface area contributed by atoms with Gasteiger partial charge in [0, 0.05) is 40.5 Å². The van der Waals surface area contributed by atoms with Crippen LogP contribution in [0.4, 0.5) is 5.69 Å². The summed E-state index contributed by atoms with van der Waals surface area (Å²) >= 11 is 1.84. The van der Waals surface area contributed by atoms with Crippen LogP contribution in [0.5, 0.6) is 0 Å². The molecule has 2 aromatic rings. The van der Waals surface area contributed by atoms with E-state index in [1.165, 1.54) is 9.75 Å². The van der Waals surface area contributed by atoms with Crippen LogP contribution >= 0.6 is 11.3 Å². The van der Waals surface area contributed by atoms with Crippen molar-refractivity contribution in [3.63, 3.8) is 0 Å². The van der Waals surface area contributed by atoms with Crippen molar-refractivity contribution in [3.05, 3.63) is 52.2 Å². The van der Waals surface area contributed by atoms with E-state index >= 15 is 0 Å². The molecule has 0 spiro atoms. The molecule has 1 aromatic heterocycles. The number of amides is 2. The highest BCUT2D eigenvalue weighted by molar-refractivity contribution is 7.12. The highest BCUT2D eigenvalue weighted by Crippen LogP contribution is 2.35. The zero-order valence-corrected chi connectivity index (χ0v) is 17.8. The molecule has 1 aromatic carbocycles. The number of nitrogens with zero attached hydrogens (tertiary/aromatic N) is 2. The van der Waals surface area contributed by atoms with Gasteiger partial charge >= 0.3 is 0 Å². The molecule has 2 amide bonds. The van der Waals surface area contributed by atoms with Crippen LogP contribution in [-0.2, 0) is 9.59 Å². The predicted octanol–water partition coefficient (Wildman–Crippen LogP) is 4.07. The average molecular weight is 412 g/mol. The molecule has 0 radical (unpaired) electrons. The van der Waals surface area contributed by atoms with Crippen LogP contribution in [0.1, 0.15) is 41.5 Å². The summed E-state index contributed by atoms with van der Waals surface area (Å²) in [6, 6.07) is 14.3. The van der Waals surface area contributed by atoms with Crippen molar-refractivity contribution in [3.8, 4) is 0 Å². The monoisotopic (exact) mass is 411 g/mol. The third-order valence-corrected chi connectivity index (χ3v) is 7.15. The number of piperidine rings is 1. The fourth-order valence-corrected chi connectivity index (χ4v) is 5.45. The molecule has 1 atom stereocenters. The summed E-state index contributed by atoms with van der Waals surface area (Å²) in [6.45, 7) is 4.95. The van der Waals surface area contributed by atoms with E-state index in [4.69, 9.17) is 0 Å². The number of aryl methyl sites for hydroxylation is 1. The molecule has 1 N–H and O–H groups in total. The lowest BCUT2D eigenvalue weighted by Crippen LogP contribution is -2.45. The highest BCUT2D eigenvalue weighted by atomic mass is 32.1. The number of carbonyl (C=O) groups excluding carboxylic acids is 2. The van der Waals surface area contributed by atoms with Crippen molar-refractivity contribution in [1.29, 1.82) is 0 Å². The molecule has 2 saturated heterocycles. The van der Waals surface area contributed by atoms with E-state index in [0.29, 0.717) is 25.7 Å². The van der Waals surface area contributed by atoms with Gasteiger partial charge in [-0.05, 0) is 63.4 Å².